The van der Waals surface area contributed by atoms with Crippen molar-refractivity contribution in [2.75, 3.05) is 13.2 Å². The van der Waals surface area contributed by atoms with Crippen LogP contribution in [-0.4, -0.2) is 30.3 Å². The topological polar surface area (TPSA) is 103 Å². The van der Waals surface area contributed by atoms with Crippen molar-refractivity contribution in [3.63, 3.8) is 0 Å². The number of ether oxygens (including phenoxy) is 2. The van der Waals surface area contributed by atoms with Crippen molar-refractivity contribution >= 4 is 40.4 Å². The van der Waals surface area contributed by atoms with Crippen LogP contribution in [0.15, 0.2) is 41.5 Å². The van der Waals surface area contributed by atoms with Crippen molar-refractivity contribution in [2.24, 2.45) is 5.10 Å². The van der Waals surface area contributed by atoms with Crippen molar-refractivity contribution in [2.45, 2.75) is 20.3 Å². The Labute approximate surface area is 176 Å². The Balaban J connectivity index is 2.01. The molecule has 0 aliphatic heterocycles. The molecule has 0 heterocycles. The van der Waals surface area contributed by atoms with Crippen LogP contribution in [-0.2, 0) is 11.2 Å². The average molecular weight is 497 g/mol. The number of carbonyl (C=O) groups is 1. The lowest BCUT2D eigenvalue weighted by Gasteiger charge is -2.13. The first kappa shape index (κ1) is 21.6. The average Bonchev–Trinajstić information content (AvgIpc) is 2.65. The van der Waals surface area contributed by atoms with E-state index in [-0.39, 0.29) is 18.0 Å². The zero-order chi connectivity index (χ0) is 20.5. The zero-order valence-electron chi connectivity index (χ0n) is 15.5. The van der Waals surface area contributed by atoms with Gasteiger partial charge in [0, 0.05) is 12.1 Å². The van der Waals surface area contributed by atoms with E-state index in [1.54, 1.807) is 18.2 Å². The predicted molar refractivity (Wildman–Crippen MR) is 114 cm³/mol. The van der Waals surface area contributed by atoms with E-state index in [9.17, 15) is 14.9 Å². The van der Waals surface area contributed by atoms with E-state index in [4.69, 9.17) is 9.47 Å². The molecular weight excluding hydrogens is 477 g/mol. The first-order valence-corrected chi connectivity index (χ1v) is 9.66. The highest BCUT2D eigenvalue weighted by atomic mass is 127. The summed E-state index contributed by atoms with van der Waals surface area (Å²) in [6.45, 7) is 4.83. The van der Waals surface area contributed by atoms with Crippen LogP contribution < -0.4 is 14.9 Å². The van der Waals surface area contributed by atoms with Gasteiger partial charge in [-0.05, 0) is 59.7 Å². The molecule has 2 aromatic carbocycles. The van der Waals surface area contributed by atoms with E-state index in [2.05, 4.69) is 33.1 Å². The number of hydrogen-bond acceptors (Lipinski definition) is 6. The summed E-state index contributed by atoms with van der Waals surface area (Å²) >= 11 is 2.16. The summed E-state index contributed by atoms with van der Waals surface area (Å²) in [6.07, 6.45) is 1.59. The normalized spacial score (nSPS) is 10.7. The number of hydrogen-bond donors (Lipinski definition) is 1. The molecule has 0 radical (unpaired) electrons. The Morgan fingerprint density at radius 3 is 2.50 bits per heavy atom. The summed E-state index contributed by atoms with van der Waals surface area (Å²) in [5.41, 5.74) is 3.85. The van der Waals surface area contributed by atoms with Gasteiger partial charge in [0.05, 0.1) is 34.3 Å². The fraction of sp³-hybridized carbons (Fsp3) is 0.263. The van der Waals surface area contributed by atoms with Gasteiger partial charge in [-0.3, -0.25) is 14.9 Å². The number of nitrogens with zero attached hydrogens (tertiary/aromatic N) is 2. The molecule has 1 N–H and O–H groups in total. The molecule has 1 amide bonds. The van der Waals surface area contributed by atoms with E-state index >= 15 is 0 Å². The summed E-state index contributed by atoms with van der Waals surface area (Å²) in [5.74, 6) is 0.981. The number of non-ortho nitro benzene ring substituents is 1. The van der Waals surface area contributed by atoms with Crippen LogP contribution in [0.4, 0.5) is 5.69 Å². The van der Waals surface area contributed by atoms with Gasteiger partial charge < -0.3 is 9.47 Å². The fourth-order valence-corrected chi connectivity index (χ4v) is 3.13. The van der Waals surface area contributed by atoms with E-state index in [1.807, 2.05) is 19.9 Å². The Bertz CT molecular complexity index is 869. The number of halogens is 1. The molecule has 0 spiro atoms. The molecule has 0 aromatic heterocycles. The first-order chi connectivity index (χ1) is 13.4. The summed E-state index contributed by atoms with van der Waals surface area (Å²) in [4.78, 5) is 22.2. The van der Waals surface area contributed by atoms with Gasteiger partial charge in [0.15, 0.2) is 11.5 Å². The maximum atomic E-state index is 12.0. The highest BCUT2D eigenvalue weighted by molar-refractivity contribution is 14.1. The molecule has 0 bridgehead atoms. The first-order valence-electron chi connectivity index (χ1n) is 8.59. The van der Waals surface area contributed by atoms with E-state index < -0.39 is 4.92 Å². The van der Waals surface area contributed by atoms with Gasteiger partial charge in [0.2, 0.25) is 5.91 Å². The Kier molecular flexibility index (Phi) is 8.18. The summed E-state index contributed by atoms with van der Waals surface area (Å²) in [6, 6.07) is 9.49. The van der Waals surface area contributed by atoms with Crippen LogP contribution in [0.5, 0.6) is 11.5 Å². The largest absolute Gasteiger partial charge is 0.490 e. The highest BCUT2D eigenvalue weighted by Crippen LogP contribution is 2.33. The minimum Gasteiger partial charge on any atom is -0.490 e. The third-order valence-corrected chi connectivity index (χ3v) is 4.34. The lowest BCUT2D eigenvalue weighted by atomic mass is 10.1. The lowest BCUT2D eigenvalue weighted by Crippen LogP contribution is -2.19. The molecule has 9 heteroatoms. The molecule has 0 atom stereocenters. The third-order valence-electron chi connectivity index (χ3n) is 3.54. The smallest absolute Gasteiger partial charge is 0.269 e. The molecule has 0 saturated heterocycles. The zero-order valence-corrected chi connectivity index (χ0v) is 17.6. The minimum atomic E-state index is -0.483. The van der Waals surface area contributed by atoms with Crippen LogP contribution in [0.3, 0.4) is 0 Å². The van der Waals surface area contributed by atoms with E-state index in [1.165, 1.54) is 18.3 Å². The number of amides is 1. The number of rotatable bonds is 9. The molecule has 8 nitrogen and oxygen atoms in total. The van der Waals surface area contributed by atoms with E-state index in [0.29, 0.717) is 30.3 Å². The third kappa shape index (κ3) is 6.19. The number of hydrazone groups is 1. The number of nitrogens with one attached hydrogen (secondary N) is 1. The molecule has 0 aliphatic carbocycles. The molecule has 0 saturated carbocycles. The Hall–Kier alpha value is -2.69. The number of carbonyl (C=O) groups excluding carboxylic acids is 1. The summed E-state index contributed by atoms with van der Waals surface area (Å²) in [5, 5.41) is 14.6. The Morgan fingerprint density at radius 2 is 1.89 bits per heavy atom. The molecule has 2 aromatic rings. The molecule has 0 unspecified atom stereocenters. The second kappa shape index (κ2) is 10.6. The van der Waals surface area contributed by atoms with Crippen LogP contribution in [0.2, 0.25) is 0 Å². The van der Waals surface area contributed by atoms with Crippen molar-refractivity contribution in [1.29, 1.82) is 0 Å². The SMILES string of the molecule is CCOc1cc(/C=N\NC(=O)Cc2ccc([N+](=O)[O-])cc2)cc(I)c1OCC. The fourth-order valence-electron chi connectivity index (χ4n) is 2.35. The lowest BCUT2D eigenvalue weighted by molar-refractivity contribution is -0.384. The van der Waals surface area contributed by atoms with Gasteiger partial charge >= 0.3 is 0 Å². The number of benzene rings is 2. The molecule has 0 aliphatic rings. The van der Waals surface area contributed by atoms with Crippen LogP contribution >= 0.6 is 22.6 Å². The number of nitro groups is 1. The maximum absolute atomic E-state index is 12.0. The molecule has 148 valence electrons. The standard InChI is InChI=1S/C19H20IN3O5/c1-3-27-17-10-14(9-16(20)19(17)28-4-2)12-21-22-18(24)11-13-5-7-15(8-6-13)23(25)26/h5-10,12H,3-4,11H2,1-2H3,(H,22,24)/b21-12-. The number of nitro benzene ring substituents is 1. The minimum absolute atomic E-state index is 0.0163. The highest BCUT2D eigenvalue weighted by Gasteiger charge is 2.11. The van der Waals surface area contributed by atoms with E-state index in [0.717, 1.165) is 9.13 Å². The summed E-state index contributed by atoms with van der Waals surface area (Å²) in [7, 11) is 0. The monoisotopic (exact) mass is 497 g/mol. The Morgan fingerprint density at radius 1 is 1.21 bits per heavy atom. The molecule has 28 heavy (non-hydrogen) atoms. The van der Waals surface area contributed by atoms with Crippen LogP contribution in [0.25, 0.3) is 0 Å². The van der Waals surface area contributed by atoms with Crippen molar-refractivity contribution in [3.8, 4) is 11.5 Å². The molecule has 2 rings (SSSR count). The van der Waals surface area contributed by atoms with Gasteiger partial charge in [-0.25, -0.2) is 5.43 Å². The second-order valence-electron chi connectivity index (χ2n) is 5.59. The predicted octanol–water partition coefficient (Wildman–Crippen LogP) is 3.69. The van der Waals surface area contributed by atoms with Crippen molar-refractivity contribution < 1.29 is 19.2 Å². The van der Waals surface area contributed by atoms with Crippen molar-refractivity contribution in [3.05, 3.63) is 61.2 Å². The summed E-state index contributed by atoms with van der Waals surface area (Å²) < 4.78 is 12.1. The molecule has 0 fully saturated rings. The van der Waals surface area contributed by atoms with Crippen molar-refractivity contribution in [1.82, 2.24) is 5.43 Å². The molecular formula is C19H20IN3O5. The van der Waals surface area contributed by atoms with Gasteiger partial charge in [-0.15, -0.1) is 0 Å². The van der Waals surface area contributed by atoms with Gasteiger partial charge in [-0.1, -0.05) is 12.1 Å². The second-order valence-corrected chi connectivity index (χ2v) is 6.75. The quantitative estimate of drug-likeness (QED) is 0.247. The van der Waals surface area contributed by atoms with Crippen LogP contribution in [0.1, 0.15) is 25.0 Å². The van der Waals surface area contributed by atoms with Gasteiger partial charge in [0.1, 0.15) is 0 Å². The van der Waals surface area contributed by atoms with Gasteiger partial charge in [0.25, 0.3) is 5.69 Å². The maximum Gasteiger partial charge on any atom is 0.269 e. The van der Waals surface area contributed by atoms with Crippen LogP contribution in [0, 0.1) is 13.7 Å². The van der Waals surface area contributed by atoms with Gasteiger partial charge in [-0.2, -0.15) is 5.10 Å².